The third kappa shape index (κ3) is 4.47. The average molecular weight is 318 g/mol. The Morgan fingerprint density at radius 3 is 2.83 bits per heavy atom. The number of methoxy groups -OCH3 is 1. The van der Waals surface area contributed by atoms with Crippen molar-refractivity contribution >= 4 is 5.91 Å². The van der Waals surface area contributed by atoms with Gasteiger partial charge in [0.2, 0.25) is 5.91 Å². The number of hydrogen-bond acceptors (Lipinski definition) is 3. The number of rotatable bonds is 6. The highest BCUT2D eigenvalue weighted by atomic mass is 16.5. The van der Waals surface area contributed by atoms with E-state index in [9.17, 15) is 4.79 Å². The van der Waals surface area contributed by atoms with Gasteiger partial charge in [-0.25, -0.2) is 0 Å². The molecule has 1 N–H and O–H groups in total. The van der Waals surface area contributed by atoms with Crippen LogP contribution in [0.3, 0.4) is 0 Å². The molecule has 23 heavy (non-hydrogen) atoms. The Kier molecular flexibility index (Phi) is 6.05. The van der Waals surface area contributed by atoms with Gasteiger partial charge >= 0.3 is 0 Å². The van der Waals surface area contributed by atoms with Crippen LogP contribution in [0.1, 0.15) is 32.3 Å². The molecule has 128 valence electrons. The van der Waals surface area contributed by atoms with E-state index < -0.39 is 5.41 Å². The summed E-state index contributed by atoms with van der Waals surface area (Å²) in [5.41, 5.74) is 0.674. The van der Waals surface area contributed by atoms with Crippen molar-refractivity contribution in [1.29, 1.82) is 0 Å². The first-order valence-electron chi connectivity index (χ1n) is 8.54. The number of carbonyl (C=O) groups is 1. The molecule has 1 aliphatic heterocycles. The van der Waals surface area contributed by atoms with E-state index in [1.54, 1.807) is 7.11 Å². The van der Waals surface area contributed by atoms with Gasteiger partial charge in [-0.1, -0.05) is 32.0 Å². The number of amides is 1. The Bertz CT molecular complexity index is 526. The van der Waals surface area contributed by atoms with Crippen molar-refractivity contribution in [3.63, 3.8) is 0 Å². The van der Waals surface area contributed by atoms with Crippen LogP contribution in [0.2, 0.25) is 0 Å². The van der Waals surface area contributed by atoms with E-state index in [0.717, 1.165) is 37.4 Å². The zero-order valence-corrected chi connectivity index (χ0v) is 14.9. The predicted octanol–water partition coefficient (Wildman–Crippen LogP) is 2.72. The number of carbonyl (C=O) groups excluding carboxylic acids is 1. The zero-order valence-electron chi connectivity index (χ0n) is 14.9. The molecule has 4 heteroatoms. The average Bonchev–Trinajstić information content (AvgIpc) is 2.55. The van der Waals surface area contributed by atoms with E-state index in [-0.39, 0.29) is 5.91 Å². The Balaban J connectivity index is 2.07. The highest BCUT2D eigenvalue weighted by Crippen LogP contribution is 2.31. The van der Waals surface area contributed by atoms with E-state index in [1.165, 1.54) is 6.42 Å². The van der Waals surface area contributed by atoms with Gasteiger partial charge < -0.3 is 15.0 Å². The number of para-hydroxylation sites is 1. The van der Waals surface area contributed by atoms with E-state index >= 15 is 0 Å². The van der Waals surface area contributed by atoms with Crippen molar-refractivity contribution in [2.75, 3.05) is 33.8 Å². The van der Waals surface area contributed by atoms with Gasteiger partial charge in [0.25, 0.3) is 0 Å². The van der Waals surface area contributed by atoms with Crippen molar-refractivity contribution in [1.82, 2.24) is 10.2 Å². The van der Waals surface area contributed by atoms with Crippen molar-refractivity contribution in [2.24, 2.45) is 11.3 Å². The molecule has 0 spiro atoms. The van der Waals surface area contributed by atoms with E-state index in [2.05, 4.69) is 10.2 Å². The number of likely N-dealkylation sites (tertiary alicyclic amines) is 1. The molecular formula is C19H30N2O2. The summed E-state index contributed by atoms with van der Waals surface area (Å²) in [4.78, 5) is 15.1. The summed E-state index contributed by atoms with van der Waals surface area (Å²) in [6.45, 7) is 6.83. The summed E-state index contributed by atoms with van der Waals surface area (Å²) >= 11 is 0. The van der Waals surface area contributed by atoms with Crippen LogP contribution < -0.4 is 10.1 Å². The lowest BCUT2D eigenvalue weighted by atomic mass is 9.83. The number of piperidine rings is 1. The van der Waals surface area contributed by atoms with Gasteiger partial charge in [-0.3, -0.25) is 4.79 Å². The maximum Gasteiger partial charge on any atom is 0.228 e. The van der Waals surface area contributed by atoms with Crippen LogP contribution in [0, 0.1) is 11.3 Å². The molecule has 2 rings (SSSR count). The maximum absolute atomic E-state index is 13.0. The monoisotopic (exact) mass is 318 g/mol. The molecule has 1 heterocycles. The van der Waals surface area contributed by atoms with Crippen LogP contribution in [0.4, 0.5) is 0 Å². The minimum absolute atomic E-state index is 0.254. The molecule has 1 unspecified atom stereocenters. The fourth-order valence-electron chi connectivity index (χ4n) is 3.53. The van der Waals surface area contributed by atoms with E-state index in [4.69, 9.17) is 4.74 Å². The lowest BCUT2D eigenvalue weighted by Crippen LogP contribution is -2.48. The van der Waals surface area contributed by atoms with Crippen LogP contribution in [0.15, 0.2) is 24.3 Å². The van der Waals surface area contributed by atoms with Crippen LogP contribution in [-0.2, 0) is 11.2 Å². The number of nitrogens with zero attached hydrogens (tertiary/aromatic N) is 1. The first-order chi connectivity index (χ1) is 11.0. The molecule has 0 aromatic heterocycles. The lowest BCUT2D eigenvalue weighted by molar-refractivity contribution is -0.142. The topological polar surface area (TPSA) is 41.6 Å². The summed E-state index contributed by atoms with van der Waals surface area (Å²) in [7, 11) is 3.66. The molecule has 0 saturated carbocycles. The second kappa shape index (κ2) is 7.82. The molecule has 1 saturated heterocycles. The third-order valence-corrected chi connectivity index (χ3v) is 4.70. The molecule has 1 aromatic rings. The smallest absolute Gasteiger partial charge is 0.228 e. The van der Waals surface area contributed by atoms with Crippen molar-refractivity contribution in [3.8, 4) is 5.75 Å². The summed E-state index contributed by atoms with van der Waals surface area (Å²) < 4.78 is 5.43. The molecule has 0 aliphatic carbocycles. The van der Waals surface area contributed by atoms with Gasteiger partial charge in [0.15, 0.2) is 0 Å². The Labute approximate surface area is 140 Å². The first-order valence-corrected chi connectivity index (χ1v) is 8.54. The molecule has 0 radical (unpaired) electrons. The van der Waals surface area contributed by atoms with Gasteiger partial charge in [0.05, 0.1) is 7.11 Å². The van der Waals surface area contributed by atoms with Crippen LogP contribution in [0.25, 0.3) is 0 Å². The minimum Gasteiger partial charge on any atom is -0.496 e. The van der Waals surface area contributed by atoms with Crippen LogP contribution in [-0.4, -0.2) is 44.6 Å². The SMILES string of the molecule is CNCC1CCCN(C(=O)C(C)(C)Cc2ccccc2OC)C1. The highest BCUT2D eigenvalue weighted by molar-refractivity contribution is 5.82. The quantitative estimate of drug-likeness (QED) is 0.877. The number of ether oxygens (including phenoxy) is 1. The second-order valence-electron chi connectivity index (χ2n) is 7.19. The van der Waals surface area contributed by atoms with Crippen LogP contribution >= 0.6 is 0 Å². The third-order valence-electron chi connectivity index (χ3n) is 4.70. The van der Waals surface area contributed by atoms with Crippen molar-refractivity contribution in [3.05, 3.63) is 29.8 Å². The molecule has 0 bridgehead atoms. The van der Waals surface area contributed by atoms with Gasteiger partial charge in [-0.05, 0) is 50.4 Å². The largest absolute Gasteiger partial charge is 0.496 e. The Morgan fingerprint density at radius 2 is 2.13 bits per heavy atom. The number of nitrogens with one attached hydrogen (secondary N) is 1. The normalized spacial score (nSPS) is 18.8. The standard InChI is InChI=1S/C19H30N2O2/c1-19(2,12-16-9-5-6-10-17(16)23-4)18(22)21-11-7-8-15(14-21)13-20-3/h5-6,9-10,15,20H,7-8,11-14H2,1-4H3. The first kappa shape index (κ1) is 17.8. The summed E-state index contributed by atoms with van der Waals surface area (Å²) in [5, 5.41) is 3.24. The van der Waals surface area contributed by atoms with Crippen molar-refractivity contribution < 1.29 is 9.53 Å². The second-order valence-corrected chi connectivity index (χ2v) is 7.19. The molecule has 1 aromatic carbocycles. The minimum atomic E-state index is -0.420. The lowest BCUT2D eigenvalue weighted by Gasteiger charge is -2.38. The molecular weight excluding hydrogens is 288 g/mol. The Hall–Kier alpha value is -1.55. The van der Waals surface area contributed by atoms with Gasteiger partial charge in [-0.2, -0.15) is 0 Å². The van der Waals surface area contributed by atoms with Gasteiger partial charge in [-0.15, -0.1) is 0 Å². The maximum atomic E-state index is 13.0. The fourth-order valence-corrected chi connectivity index (χ4v) is 3.53. The van der Waals surface area contributed by atoms with Gasteiger partial charge in [0, 0.05) is 18.5 Å². The number of benzene rings is 1. The molecule has 1 fully saturated rings. The zero-order chi connectivity index (χ0) is 16.9. The van der Waals surface area contributed by atoms with Gasteiger partial charge in [0.1, 0.15) is 5.75 Å². The highest BCUT2D eigenvalue weighted by Gasteiger charge is 2.35. The summed E-state index contributed by atoms with van der Waals surface area (Å²) in [6.07, 6.45) is 3.00. The molecule has 1 amide bonds. The molecule has 1 aliphatic rings. The van der Waals surface area contributed by atoms with E-state index in [0.29, 0.717) is 12.3 Å². The summed E-state index contributed by atoms with van der Waals surface area (Å²) in [6, 6.07) is 7.97. The number of hydrogen-bond donors (Lipinski definition) is 1. The summed E-state index contributed by atoms with van der Waals surface area (Å²) in [5.74, 6) is 1.68. The predicted molar refractivity (Wildman–Crippen MR) is 93.7 cm³/mol. The van der Waals surface area contributed by atoms with E-state index in [1.807, 2.05) is 45.2 Å². The fraction of sp³-hybridized carbons (Fsp3) is 0.632. The Morgan fingerprint density at radius 1 is 1.39 bits per heavy atom. The van der Waals surface area contributed by atoms with Crippen molar-refractivity contribution in [2.45, 2.75) is 33.1 Å². The molecule has 4 nitrogen and oxygen atoms in total. The van der Waals surface area contributed by atoms with Crippen LogP contribution in [0.5, 0.6) is 5.75 Å². The molecule has 1 atom stereocenters.